The molecule has 0 aliphatic rings. The number of nitrogens with zero attached hydrogens (tertiary/aromatic N) is 2. The molecule has 20 heavy (non-hydrogen) atoms. The SMILES string of the molecule is Nc1nc2ccc(F)cc2n1CCOc1ccccc1. The maximum atomic E-state index is 13.3. The van der Waals surface area contributed by atoms with Gasteiger partial charge in [0, 0.05) is 0 Å². The smallest absolute Gasteiger partial charge is 0.201 e. The molecule has 0 fully saturated rings. The van der Waals surface area contributed by atoms with Crippen molar-refractivity contribution in [1.29, 1.82) is 0 Å². The minimum Gasteiger partial charge on any atom is -0.492 e. The van der Waals surface area contributed by atoms with Gasteiger partial charge < -0.3 is 15.0 Å². The Morgan fingerprint density at radius 1 is 1.15 bits per heavy atom. The van der Waals surface area contributed by atoms with Gasteiger partial charge in [-0.3, -0.25) is 0 Å². The van der Waals surface area contributed by atoms with Crippen LogP contribution in [-0.4, -0.2) is 16.2 Å². The molecule has 5 heteroatoms. The van der Waals surface area contributed by atoms with Crippen molar-refractivity contribution in [1.82, 2.24) is 9.55 Å². The van der Waals surface area contributed by atoms with Crippen molar-refractivity contribution in [2.45, 2.75) is 6.54 Å². The van der Waals surface area contributed by atoms with E-state index in [9.17, 15) is 4.39 Å². The molecule has 3 rings (SSSR count). The molecule has 4 nitrogen and oxygen atoms in total. The van der Waals surface area contributed by atoms with E-state index in [1.54, 1.807) is 10.6 Å². The lowest BCUT2D eigenvalue weighted by Gasteiger charge is -2.08. The number of imidazole rings is 1. The summed E-state index contributed by atoms with van der Waals surface area (Å²) in [6, 6.07) is 13.9. The number of hydrogen-bond acceptors (Lipinski definition) is 3. The first-order chi connectivity index (χ1) is 9.74. The number of para-hydroxylation sites is 1. The number of fused-ring (bicyclic) bond motifs is 1. The zero-order chi connectivity index (χ0) is 13.9. The molecule has 2 aromatic carbocycles. The van der Waals surface area contributed by atoms with Gasteiger partial charge in [0.05, 0.1) is 17.6 Å². The van der Waals surface area contributed by atoms with E-state index in [-0.39, 0.29) is 5.82 Å². The zero-order valence-electron chi connectivity index (χ0n) is 10.8. The lowest BCUT2D eigenvalue weighted by molar-refractivity contribution is 0.301. The van der Waals surface area contributed by atoms with Crippen LogP contribution in [-0.2, 0) is 6.54 Å². The van der Waals surface area contributed by atoms with Crippen molar-refractivity contribution in [2.75, 3.05) is 12.3 Å². The topological polar surface area (TPSA) is 53.1 Å². The maximum Gasteiger partial charge on any atom is 0.201 e. The standard InChI is InChI=1S/C15H14FN3O/c16-11-6-7-13-14(10-11)19(15(17)18-13)8-9-20-12-4-2-1-3-5-12/h1-7,10H,8-9H2,(H2,17,18). The Kier molecular flexibility index (Phi) is 3.25. The van der Waals surface area contributed by atoms with Crippen LogP contribution in [0.1, 0.15) is 0 Å². The van der Waals surface area contributed by atoms with Gasteiger partial charge in [-0.1, -0.05) is 18.2 Å². The van der Waals surface area contributed by atoms with Gasteiger partial charge in [0.1, 0.15) is 18.2 Å². The second kappa shape index (κ2) is 5.21. The Morgan fingerprint density at radius 2 is 1.95 bits per heavy atom. The van der Waals surface area contributed by atoms with Crippen molar-refractivity contribution in [2.24, 2.45) is 0 Å². The Morgan fingerprint density at radius 3 is 2.75 bits per heavy atom. The van der Waals surface area contributed by atoms with Gasteiger partial charge in [0.15, 0.2) is 0 Å². The van der Waals surface area contributed by atoms with E-state index in [2.05, 4.69) is 4.98 Å². The molecule has 0 amide bonds. The molecule has 1 heterocycles. The molecule has 102 valence electrons. The first kappa shape index (κ1) is 12.5. The van der Waals surface area contributed by atoms with Gasteiger partial charge >= 0.3 is 0 Å². The number of hydrogen-bond donors (Lipinski definition) is 1. The first-order valence-corrected chi connectivity index (χ1v) is 6.33. The van der Waals surface area contributed by atoms with Gasteiger partial charge in [-0.2, -0.15) is 0 Å². The third kappa shape index (κ3) is 2.42. The highest BCUT2D eigenvalue weighted by Gasteiger charge is 2.08. The van der Waals surface area contributed by atoms with E-state index < -0.39 is 0 Å². The molecule has 3 aromatic rings. The van der Waals surface area contributed by atoms with Gasteiger partial charge in [-0.05, 0) is 30.3 Å². The number of benzene rings is 2. The summed E-state index contributed by atoms with van der Waals surface area (Å²) >= 11 is 0. The summed E-state index contributed by atoms with van der Waals surface area (Å²) in [6.07, 6.45) is 0. The molecule has 0 atom stereocenters. The van der Waals surface area contributed by atoms with E-state index in [4.69, 9.17) is 10.5 Å². The highest BCUT2D eigenvalue weighted by atomic mass is 19.1. The summed E-state index contributed by atoms with van der Waals surface area (Å²) in [7, 11) is 0. The van der Waals surface area contributed by atoms with Crippen LogP contribution >= 0.6 is 0 Å². The molecular weight excluding hydrogens is 257 g/mol. The second-order valence-corrected chi connectivity index (χ2v) is 4.42. The quantitative estimate of drug-likeness (QED) is 0.793. The van der Waals surface area contributed by atoms with Gasteiger partial charge in [-0.15, -0.1) is 0 Å². The van der Waals surface area contributed by atoms with Gasteiger partial charge in [0.2, 0.25) is 5.95 Å². The predicted octanol–water partition coefficient (Wildman–Crippen LogP) is 2.84. The molecule has 0 aliphatic carbocycles. The minimum atomic E-state index is -0.303. The Hall–Kier alpha value is -2.56. The number of nitrogens with two attached hydrogens (primary N) is 1. The molecular formula is C15H14FN3O. The number of nitrogen functional groups attached to an aromatic ring is 1. The van der Waals surface area contributed by atoms with Crippen LogP contribution in [0.4, 0.5) is 10.3 Å². The molecule has 0 unspecified atom stereocenters. The number of anilines is 1. The summed E-state index contributed by atoms with van der Waals surface area (Å²) in [5, 5.41) is 0. The highest BCUT2D eigenvalue weighted by molar-refractivity contribution is 5.78. The summed E-state index contributed by atoms with van der Waals surface area (Å²) < 4.78 is 20.7. The molecule has 0 aliphatic heterocycles. The van der Waals surface area contributed by atoms with E-state index in [1.807, 2.05) is 30.3 Å². The highest BCUT2D eigenvalue weighted by Crippen LogP contribution is 2.19. The second-order valence-electron chi connectivity index (χ2n) is 4.42. The summed E-state index contributed by atoms with van der Waals surface area (Å²) in [5.41, 5.74) is 7.22. The third-order valence-corrected chi connectivity index (χ3v) is 3.07. The monoisotopic (exact) mass is 271 g/mol. The third-order valence-electron chi connectivity index (χ3n) is 3.07. The fraction of sp³-hybridized carbons (Fsp3) is 0.133. The largest absolute Gasteiger partial charge is 0.492 e. The average molecular weight is 271 g/mol. The van der Waals surface area contributed by atoms with Crippen LogP contribution in [0.5, 0.6) is 5.75 Å². The van der Waals surface area contributed by atoms with Crippen molar-refractivity contribution < 1.29 is 9.13 Å². The molecule has 2 N–H and O–H groups in total. The van der Waals surface area contributed by atoms with E-state index >= 15 is 0 Å². The van der Waals surface area contributed by atoms with Crippen molar-refractivity contribution in [3.63, 3.8) is 0 Å². The minimum absolute atomic E-state index is 0.303. The fourth-order valence-corrected chi connectivity index (χ4v) is 2.12. The summed E-state index contributed by atoms with van der Waals surface area (Å²) in [5.74, 6) is 0.853. The molecule has 0 radical (unpaired) electrons. The van der Waals surface area contributed by atoms with Crippen molar-refractivity contribution in [3.05, 3.63) is 54.3 Å². The lowest BCUT2D eigenvalue weighted by Crippen LogP contribution is -2.10. The molecule has 0 saturated heterocycles. The number of halogens is 1. The van der Waals surface area contributed by atoms with Crippen LogP contribution in [0, 0.1) is 5.82 Å². The van der Waals surface area contributed by atoms with Crippen LogP contribution in [0.3, 0.4) is 0 Å². The Bertz CT molecular complexity index is 725. The Balaban J connectivity index is 1.77. The average Bonchev–Trinajstić information content (AvgIpc) is 2.76. The fourth-order valence-electron chi connectivity index (χ4n) is 2.12. The predicted molar refractivity (Wildman–Crippen MR) is 76.0 cm³/mol. The molecule has 1 aromatic heterocycles. The molecule has 0 saturated carbocycles. The van der Waals surface area contributed by atoms with Crippen LogP contribution in [0.25, 0.3) is 11.0 Å². The Labute approximate surface area is 115 Å². The maximum absolute atomic E-state index is 13.3. The number of ether oxygens (including phenoxy) is 1. The van der Waals surface area contributed by atoms with E-state index in [0.717, 1.165) is 5.75 Å². The summed E-state index contributed by atoms with van der Waals surface area (Å²) in [6.45, 7) is 0.955. The van der Waals surface area contributed by atoms with Gasteiger partial charge in [0.25, 0.3) is 0 Å². The number of rotatable bonds is 4. The normalized spacial score (nSPS) is 10.8. The van der Waals surface area contributed by atoms with Crippen LogP contribution in [0.2, 0.25) is 0 Å². The molecule has 0 spiro atoms. The van der Waals surface area contributed by atoms with E-state index in [0.29, 0.717) is 30.1 Å². The molecule has 0 bridgehead atoms. The number of aromatic nitrogens is 2. The van der Waals surface area contributed by atoms with Crippen LogP contribution in [0.15, 0.2) is 48.5 Å². The van der Waals surface area contributed by atoms with E-state index in [1.165, 1.54) is 12.1 Å². The van der Waals surface area contributed by atoms with Gasteiger partial charge in [-0.25, -0.2) is 9.37 Å². The van der Waals surface area contributed by atoms with Crippen molar-refractivity contribution >= 4 is 17.0 Å². The van der Waals surface area contributed by atoms with Crippen LogP contribution < -0.4 is 10.5 Å². The van der Waals surface area contributed by atoms with Crippen molar-refractivity contribution in [3.8, 4) is 5.75 Å². The summed E-state index contributed by atoms with van der Waals surface area (Å²) in [4.78, 5) is 4.20. The zero-order valence-corrected chi connectivity index (χ0v) is 10.8. The lowest BCUT2D eigenvalue weighted by atomic mass is 10.3. The first-order valence-electron chi connectivity index (χ1n) is 6.33.